The third kappa shape index (κ3) is 4.69. The van der Waals surface area contributed by atoms with Crippen molar-refractivity contribution in [3.8, 4) is 11.5 Å². The molecular weight excluding hydrogens is 387 g/mol. The summed E-state index contributed by atoms with van der Waals surface area (Å²) >= 11 is 0.480. The second-order valence-corrected chi connectivity index (χ2v) is 8.47. The first-order valence-electron chi connectivity index (χ1n) is 8.76. The molecule has 0 heterocycles. The van der Waals surface area contributed by atoms with E-state index in [9.17, 15) is 0 Å². The van der Waals surface area contributed by atoms with E-state index in [4.69, 9.17) is 9.47 Å². The summed E-state index contributed by atoms with van der Waals surface area (Å²) in [5.41, 5.74) is 2.56. The van der Waals surface area contributed by atoms with Gasteiger partial charge in [0.25, 0.3) is 0 Å². The zero-order valence-corrected chi connectivity index (χ0v) is 16.9. The van der Waals surface area contributed by atoms with Crippen molar-refractivity contribution >= 4 is 19.4 Å². The molecule has 2 nitrogen and oxygen atoms in total. The minimum atomic E-state index is 0.322. The molecule has 0 bridgehead atoms. The molecule has 134 valence electrons. The molecule has 0 aliphatic rings. The van der Waals surface area contributed by atoms with Crippen molar-refractivity contribution in [1.82, 2.24) is 0 Å². The molecule has 0 N–H and O–H groups in total. The Kier molecular flexibility index (Phi) is 6.76. The molecule has 0 spiro atoms. The summed E-state index contributed by atoms with van der Waals surface area (Å²) in [5.74, 6) is 2.04. The molecule has 0 saturated heterocycles. The fraction of sp³-hybridized carbons (Fsp3) is 0.217. The van der Waals surface area contributed by atoms with Gasteiger partial charge in [-0.05, 0) is 0 Å². The molecule has 3 rings (SSSR count). The molecule has 0 fully saturated rings. The molecule has 0 unspecified atom stereocenters. The van der Waals surface area contributed by atoms with Crippen LogP contribution in [0.2, 0.25) is 5.32 Å². The van der Waals surface area contributed by atoms with Crippen molar-refractivity contribution in [2.75, 3.05) is 14.2 Å². The van der Waals surface area contributed by atoms with E-state index in [1.54, 1.807) is 14.2 Å². The van der Waals surface area contributed by atoms with Gasteiger partial charge in [0.2, 0.25) is 0 Å². The van der Waals surface area contributed by atoms with Gasteiger partial charge in [-0.1, -0.05) is 0 Å². The van der Waals surface area contributed by atoms with Gasteiger partial charge in [0.05, 0.1) is 0 Å². The third-order valence-corrected chi connectivity index (χ3v) is 6.63. The standard InChI is InChI=1S/C23H24O2Se/c1-24-19-13-14-22(23(17-19)25-2)21(18-9-5-3-6-10-18)15-16-26-20-11-7-4-8-12-20/h3-14,17,21H,15-16H2,1-2H3/t21-/m1/s1. The van der Waals surface area contributed by atoms with Gasteiger partial charge < -0.3 is 0 Å². The van der Waals surface area contributed by atoms with Gasteiger partial charge in [-0.3, -0.25) is 0 Å². The molecule has 0 radical (unpaired) electrons. The minimum absolute atomic E-state index is 0.322. The molecule has 0 aliphatic carbocycles. The molecule has 3 heteroatoms. The van der Waals surface area contributed by atoms with E-state index in [0.29, 0.717) is 20.9 Å². The van der Waals surface area contributed by atoms with Crippen LogP contribution in [0.15, 0.2) is 78.9 Å². The van der Waals surface area contributed by atoms with Crippen LogP contribution in [0.25, 0.3) is 0 Å². The molecule has 0 aromatic heterocycles. The number of benzene rings is 3. The van der Waals surface area contributed by atoms with E-state index in [-0.39, 0.29) is 0 Å². The van der Waals surface area contributed by atoms with Crippen molar-refractivity contribution < 1.29 is 9.47 Å². The number of methoxy groups -OCH3 is 2. The van der Waals surface area contributed by atoms with Gasteiger partial charge in [0.1, 0.15) is 0 Å². The number of rotatable bonds is 8. The van der Waals surface area contributed by atoms with Gasteiger partial charge in [0.15, 0.2) is 0 Å². The monoisotopic (exact) mass is 412 g/mol. The predicted molar refractivity (Wildman–Crippen MR) is 109 cm³/mol. The predicted octanol–water partition coefficient (Wildman–Crippen LogP) is 4.67. The SMILES string of the molecule is COc1ccc([C@H](CC[Se]c2ccccc2)c2ccccc2)c(OC)c1. The van der Waals surface area contributed by atoms with Gasteiger partial charge in [-0.15, -0.1) is 0 Å². The number of ether oxygens (including phenoxy) is 2. The van der Waals surface area contributed by atoms with E-state index < -0.39 is 0 Å². The molecular formula is C23H24O2Se. The number of hydrogen-bond acceptors (Lipinski definition) is 2. The third-order valence-electron chi connectivity index (χ3n) is 4.44. The van der Waals surface area contributed by atoms with Crippen molar-refractivity contribution in [2.45, 2.75) is 17.7 Å². The van der Waals surface area contributed by atoms with E-state index in [2.05, 4.69) is 66.7 Å². The summed E-state index contributed by atoms with van der Waals surface area (Å²) in [4.78, 5) is 0. The molecule has 3 aromatic carbocycles. The maximum absolute atomic E-state index is 5.68. The summed E-state index contributed by atoms with van der Waals surface area (Å²) in [6.07, 6.45) is 1.10. The molecule has 0 aliphatic heterocycles. The Morgan fingerprint density at radius 1 is 0.808 bits per heavy atom. The Balaban J connectivity index is 1.84. The van der Waals surface area contributed by atoms with E-state index >= 15 is 0 Å². The normalized spacial score (nSPS) is 11.8. The Morgan fingerprint density at radius 2 is 1.50 bits per heavy atom. The van der Waals surface area contributed by atoms with Crippen LogP contribution >= 0.6 is 0 Å². The van der Waals surface area contributed by atoms with Gasteiger partial charge in [-0.2, -0.15) is 0 Å². The van der Waals surface area contributed by atoms with Crippen LogP contribution in [0.3, 0.4) is 0 Å². The molecule has 1 atom stereocenters. The summed E-state index contributed by atoms with van der Waals surface area (Å²) in [6.45, 7) is 0. The van der Waals surface area contributed by atoms with E-state index in [1.165, 1.54) is 20.9 Å². The fourth-order valence-corrected chi connectivity index (χ4v) is 5.07. The average molecular weight is 411 g/mol. The quantitative estimate of drug-likeness (QED) is 0.502. The Hall–Kier alpha value is -2.22. The van der Waals surface area contributed by atoms with Crippen LogP contribution in [0.1, 0.15) is 23.5 Å². The maximum atomic E-state index is 5.68. The summed E-state index contributed by atoms with van der Waals surface area (Å²) in [6, 6.07) is 27.6. The molecule has 3 aromatic rings. The fourth-order valence-electron chi connectivity index (χ4n) is 3.10. The zero-order valence-electron chi connectivity index (χ0n) is 15.2. The first kappa shape index (κ1) is 18.6. The van der Waals surface area contributed by atoms with E-state index in [1.807, 2.05) is 12.1 Å². The van der Waals surface area contributed by atoms with Crippen molar-refractivity contribution in [1.29, 1.82) is 0 Å². The van der Waals surface area contributed by atoms with Gasteiger partial charge in [-0.25, -0.2) is 0 Å². The average Bonchev–Trinajstić information content (AvgIpc) is 2.72. The van der Waals surface area contributed by atoms with E-state index in [0.717, 1.165) is 17.9 Å². The topological polar surface area (TPSA) is 18.5 Å². The summed E-state index contributed by atoms with van der Waals surface area (Å²) in [5, 5.41) is 1.19. The van der Waals surface area contributed by atoms with Crippen LogP contribution in [-0.2, 0) is 0 Å². The zero-order chi connectivity index (χ0) is 18.2. The van der Waals surface area contributed by atoms with Crippen LogP contribution in [0.4, 0.5) is 0 Å². The van der Waals surface area contributed by atoms with Gasteiger partial charge >= 0.3 is 162 Å². The van der Waals surface area contributed by atoms with Crippen LogP contribution in [-0.4, -0.2) is 29.2 Å². The Morgan fingerprint density at radius 3 is 2.15 bits per heavy atom. The van der Waals surface area contributed by atoms with Crippen molar-refractivity contribution in [3.05, 3.63) is 90.0 Å². The molecule has 26 heavy (non-hydrogen) atoms. The Labute approximate surface area is 162 Å². The summed E-state index contributed by atoms with van der Waals surface area (Å²) in [7, 11) is 3.42. The summed E-state index contributed by atoms with van der Waals surface area (Å²) < 4.78 is 12.5. The first-order chi connectivity index (χ1) is 12.8. The van der Waals surface area contributed by atoms with Crippen LogP contribution < -0.4 is 13.9 Å². The second kappa shape index (κ2) is 9.47. The van der Waals surface area contributed by atoms with Gasteiger partial charge in [0, 0.05) is 0 Å². The first-order valence-corrected chi connectivity index (χ1v) is 10.8. The molecule has 0 amide bonds. The second-order valence-electron chi connectivity index (χ2n) is 6.02. The number of hydrogen-bond donors (Lipinski definition) is 0. The Bertz CT molecular complexity index is 803. The van der Waals surface area contributed by atoms with Crippen LogP contribution in [0, 0.1) is 0 Å². The molecule has 0 saturated carbocycles. The van der Waals surface area contributed by atoms with Crippen molar-refractivity contribution in [2.24, 2.45) is 0 Å². The van der Waals surface area contributed by atoms with Crippen LogP contribution in [0.5, 0.6) is 11.5 Å². The van der Waals surface area contributed by atoms with Crippen molar-refractivity contribution in [3.63, 3.8) is 0 Å².